The SMILES string of the molecule is CCCCCCCCCCCCCCCCCCCCCCCCCCCC/C=C/CC/C=C/C(O)C(COC1OC(CO)C(OC2OC(CO)C(OC3OC(CO)C(O)C(O)C3O)C(O)C2O)C(O)C1O)NC(=O)CCCCCCCCCCCCCCCCCCC. The van der Waals surface area contributed by atoms with Gasteiger partial charge in [-0.25, -0.2) is 0 Å². The molecule has 3 aliphatic rings. The third-order valence-electron chi connectivity index (χ3n) is 19.5. The highest BCUT2D eigenvalue weighted by atomic mass is 16.8. The van der Waals surface area contributed by atoms with Crippen molar-refractivity contribution in [2.75, 3.05) is 26.4 Å². The van der Waals surface area contributed by atoms with Crippen LogP contribution in [0.4, 0.5) is 0 Å². The molecule has 0 spiro atoms. The van der Waals surface area contributed by atoms with Gasteiger partial charge in [-0.15, -0.1) is 0 Å². The molecule has 0 saturated carbocycles. The number of aliphatic hydroxyl groups excluding tert-OH is 11. The highest BCUT2D eigenvalue weighted by Gasteiger charge is 2.53. The van der Waals surface area contributed by atoms with Gasteiger partial charge in [-0.05, 0) is 32.1 Å². The Kier molecular flexibility index (Phi) is 52.4. The molecule has 17 atom stereocenters. The first-order valence-electron chi connectivity index (χ1n) is 38.6. The van der Waals surface area contributed by atoms with Gasteiger partial charge in [0.2, 0.25) is 5.91 Å². The molecule has 0 aliphatic carbocycles. The molecule has 0 aromatic heterocycles. The number of rotatable bonds is 61. The zero-order valence-electron chi connectivity index (χ0n) is 59.0. The van der Waals surface area contributed by atoms with E-state index >= 15 is 0 Å². The normalized spacial score (nSPS) is 27.4. The fraction of sp³-hybridized carbons (Fsp3) is 0.933. The summed E-state index contributed by atoms with van der Waals surface area (Å²) in [6, 6.07) is -0.987. The average molecular weight is 1340 g/mol. The summed E-state index contributed by atoms with van der Waals surface area (Å²) >= 11 is 0. The molecule has 12 N–H and O–H groups in total. The quantitative estimate of drug-likeness (QED) is 0.0199. The summed E-state index contributed by atoms with van der Waals surface area (Å²) in [4.78, 5) is 13.4. The average Bonchev–Trinajstić information content (AvgIpc) is 0.788. The Balaban J connectivity index is 1.38. The monoisotopic (exact) mass is 1340 g/mol. The first kappa shape index (κ1) is 86.5. The van der Waals surface area contributed by atoms with E-state index in [0.29, 0.717) is 12.8 Å². The smallest absolute Gasteiger partial charge is 0.220 e. The highest BCUT2D eigenvalue weighted by Crippen LogP contribution is 2.33. The molecule has 0 aromatic rings. The topological polar surface area (TPSA) is 307 Å². The van der Waals surface area contributed by atoms with Crippen molar-refractivity contribution in [3.63, 3.8) is 0 Å². The second-order valence-electron chi connectivity index (χ2n) is 27.8. The van der Waals surface area contributed by atoms with Crippen LogP contribution in [0.25, 0.3) is 0 Å². The second kappa shape index (κ2) is 57.0. The van der Waals surface area contributed by atoms with Crippen molar-refractivity contribution in [1.29, 1.82) is 0 Å². The number of amides is 1. The number of allylic oxidation sites excluding steroid dienone is 3. The van der Waals surface area contributed by atoms with Gasteiger partial charge >= 0.3 is 0 Å². The lowest BCUT2D eigenvalue weighted by molar-refractivity contribution is -0.379. The van der Waals surface area contributed by atoms with Gasteiger partial charge in [0, 0.05) is 6.42 Å². The van der Waals surface area contributed by atoms with Gasteiger partial charge in [0.25, 0.3) is 0 Å². The third-order valence-corrected chi connectivity index (χ3v) is 19.5. The van der Waals surface area contributed by atoms with E-state index in [0.717, 1.165) is 38.5 Å². The molecule has 19 heteroatoms. The number of nitrogens with one attached hydrogen (secondary N) is 1. The van der Waals surface area contributed by atoms with Crippen LogP contribution < -0.4 is 5.32 Å². The number of carbonyl (C=O) groups excluding carboxylic acids is 1. The summed E-state index contributed by atoms with van der Waals surface area (Å²) in [6.07, 6.45) is 40.4. The minimum absolute atomic E-state index is 0.240. The summed E-state index contributed by atoms with van der Waals surface area (Å²) < 4.78 is 34.4. The first-order chi connectivity index (χ1) is 45.8. The first-order valence-corrected chi connectivity index (χ1v) is 38.6. The molecule has 3 rings (SSSR count). The summed E-state index contributed by atoms with van der Waals surface area (Å²) in [6.45, 7) is 1.76. The Labute approximate surface area is 568 Å². The molecule has 3 heterocycles. The van der Waals surface area contributed by atoms with Crippen molar-refractivity contribution in [2.24, 2.45) is 0 Å². The van der Waals surface area contributed by atoms with Crippen LogP contribution in [0.5, 0.6) is 0 Å². The lowest BCUT2D eigenvalue weighted by Gasteiger charge is -2.48. The van der Waals surface area contributed by atoms with Gasteiger partial charge in [-0.2, -0.15) is 0 Å². The molecule has 17 unspecified atom stereocenters. The van der Waals surface area contributed by atoms with Gasteiger partial charge in [0.1, 0.15) is 73.2 Å². The molecule has 3 fully saturated rings. The second-order valence-corrected chi connectivity index (χ2v) is 27.8. The van der Waals surface area contributed by atoms with Gasteiger partial charge in [-0.1, -0.05) is 301 Å². The van der Waals surface area contributed by atoms with E-state index in [9.17, 15) is 61.0 Å². The predicted molar refractivity (Wildman–Crippen MR) is 370 cm³/mol. The maximum absolute atomic E-state index is 13.4. The molecular weight excluding hydrogens is 1200 g/mol. The van der Waals surface area contributed by atoms with Crippen molar-refractivity contribution in [3.05, 3.63) is 24.3 Å². The minimum Gasteiger partial charge on any atom is -0.394 e. The van der Waals surface area contributed by atoms with Crippen LogP contribution in [0.2, 0.25) is 0 Å². The molecule has 94 heavy (non-hydrogen) atoms. The fourth-order valence-corrected chi connectivity index (χ4v) is 13.3. The van der Waals surface area contributed by atoms with Crippen LogP contribution in [-0.4, -0.2) is 193 Å². The molecule has 19 nitrogen and oxygen atoms in total. The largest absolute Gasteiger partial charge is 0.394 e. The Bertz CT molecular complexity index is 1800. The molecular formula is C75H141NO18. The number of hydrogen-bond acceptors (Lipinski definition) is 18. The van der Waals surface area contributed by atoms with E-state index in [4.69, 9.17) is 28.4 Å². The molecule has 554 valence electrons. The molecule has 3 saturated heterocycles. The lowest BCUT2D eigenvalue weighted by Crippen LogP contribution is -2.66. The van der Waals surface area contributed by atoms with E-state index in [1.165, 1.54) is 244 Å². The van der Waals surface area contributed by atoms with Crippen molar-refractivity contribution >= 4 is 5.91 Å². The van der Waals surface area contributed by atoms with Gasteiger partial charge in [0.15, 0.2) is 18.9 Å². The Hall–Kier alpha value is -1.73. The molecule has 0 bridgehead atoms. The van der Waals surface area contributed by atoms with E-state index in [1.54, 1.807) is 6.08 Å². The molecule has 0 aromatic carbocycles. The number of ether oxygens (including phenoxy) is 6. The van der Waals surface area contributed by atoms with E-state index in [2.05, 4.69) is 31.3 Å². The maximum Gasteiger partial charge on any atom is 0.220 e. The highest BCUT2D eigenvalue weighted by molar-refractivity contribution is 5.76. The van der Waals surface area contributed by atoms with Gasteiger partial charge in [-0.3, -0.25) is 4.79 Å². The summed E-state index contributed by atoms with van der Waals surface area (Å²) in [5.74, 6) is -0.280. The van der Waals surface area contributed by atoms with Crippen LogP contribution >= 0.6 is 0 Å². The zero-order chi connectivity index (χ0) is 68.2. The van der Waals surface area contributed by atoms with Crippen molar-refractivity contribution < 1.29 is 89.4 Å². The van der Waals surface area contributed by atoms with E-state index < -0.39 is 124 Å². The van der Waals surface area contributed by atoms with Crippen LogP contribution in [0.3, 0.4) is 0 Å². The lowest BCUT2D eigenvalue weighted by atomic mass is 9.96. The van der Waals surface area contributed by atoms with E-state index in [1.807, 2.05) is 6.08 Å². The number of aliphatic hydroxyl groups is 11. The van der Waals surface area contributed by atoms with Crippen molar-refractivity contribution in [3.8, 4) is 0 Å². The van der Waals surface area contributed by atoms with Gasteiger partial charge < -0.3 is 89.9 Å². The van der Waals surface area contributed by atoms with Crippen molar-refractivity contribution in [1.82, 2.24) is 5.32 Å². The molecule has 1 amide bonds. The van der Waals surface area contributed by atoms with E-state index in [-0.39, 0.29) is 18.9 Å². The molecule has 0 radical (unpaired) electrons. The van der Waals surface area contributed by atoms with Crippen molar-refractivity contribution in [2.45, 2.75) is 420 Å². The van der Waals surface area contributed by atoms with Gasteiger partial charge in [0.05, 0.1) is 38.6 Å². The Morgan fingerprint density at radius 2 is 0.681 bits per heavy atom. The maximum atomic E-state index is 13.4. The number of hydrogen-bond donors (Lipinski definition) is 12. The third kappa shape index (κ3) is 37.6. The Morgan fingerprint density at radius 3 is 1.06 bits per heavy atom. The predicted octanol–water partition coefficient (Wildman–Crippen LogP) is 11.8. The summed E-state index contributed by atoms with van der Waals surface area (Å²) in [5, 5.41) is 121. The Morgan fingerprint density at radius 1 is 0.372 bits per heavy atom. The van der Waals surface area contributed by atoms with Crippen LogP contribution in [-0.2, 0) is 33.2 Å². The standard InChI is InChI=1S/C75H141NO18/c1-3-5-7-9-11-13-15-17-19-21-22-23-24-25-26-27-28-29-30-31-32-33-34-35-37-38-40-42-44-46-48-50-52-59(80)58(76-63(81)53-51-49-47-45-43-41-39-36-20-18-16-14-12-10-8-6-4-2)57-89-73-69(87)66(84)71(61(55-78)91-73)94-75-70(88)67(85)72(62(56-79)92-75)93-74-68(86)65(83)64(82)60(54-77)90-74/h42,44,50,52,58-62,64-75,77-80,82-88H,3-41,43,45-49,51,53-57H2,1-2H3,(H,76,81)/b44-42+,52-50+. The van der Waals surface area contributed by atoms with Crippen LogP contribution in [0.1, 0.15) is 316 Å². The fourth-order valence-electron chi connectivity index (χ4n) is 13.3. The van der Waals surface area contributed by atoms with Crippen LogP contribution in [0, 0.1) is 0 Å². The number of carbonyl (C=O) groups is 1. The van der Waals surface area contributed by atoms with Crippen LogP contribution in [0.15, 0.2) is 24.3 Å². The molecule has 3 aliphatic heterocycles. The number of unbranched alkanes of at least 4 members (excludes halogenated alkanes) is 43. The zero-order valence-corrected chi connectivity index (χ0v) is 59.0. The summed E-state index contributed by atoms with van der Waals surface area (Å²) in [5.41, 5.74) is 0. The minimum atomic E-state index is -1.98. The summed E-state index contributed by atoms with van der Waals surface area (Å²) in [7, 11) is 0.